The lowest BCUT2D eigenvalue weighted by atomic mass is 9.97. The molecule has 0 spiro atoms. The van der Waals surface area contributed by atoms with Crippen molar-refractivity contribution in [2.24, 2.45) is 5.73 Å². The number of rotatable bonds is 8. The molecule has 1 unspecified atom stereocenters. The van der Waals surface area contributed by atoms with E-state index in [1.54, 1.807) is 0 Å². The number of nitrogens with two attached hydrogens (primary N) is 1. The average Bonchev–Trinajstić information content (AvgIpc) is 2.37. The predicted molar refractivity (Wildman–Crippen MR) is 70.3 cm³/mol. The molecule has 1 saturated heterocycles. The molecule has 0 bridgehead atoms. The molecular weight excluding hydrogens is 232 g/mol. The van der Waals surface area contributed by atoms with E-state index in [4.69, 9.17) is 15.2 Å². The first-order valence-electron chi connectivity index (χ1n) is 6.83. The van der Waals surface area contributed by atoms with Crippen LogP contribution in [0.5, 0.6) is 0 Å². The molecule has 1 aliphatic rings. The largest absolute Gasteiger partial charge is 0.381 e. The summed E-state index contributed by atoms with van der Waals surface area (Å²) in [5, 5.41) is 3.20. The maximum Gasteiger partial charge on any atom is 0.237 e. The van der Waals surface area contributed by atoms with Crippen molar-refractivity contribution in [2.45, 2.75) is 51.2 Å². The molecule has 0 aromatic heterocycles. The Morgan fingerprint density at radius 1 is 1.50 bits per heavy atom. The molecule has 1 rings (SSSR count). The highest BCUT2D eigenvalue weighted by molar-refractivity contribution is 5.84. The number of carbonyl (C=O) groups is 1. The number of nitrogens with one attached hydrogen (secondary N) is 1. The first-order chi connectivity index (χ1) is 8.58. The lowest BCUT2D eigenvalue weighted by Crippen LogP contribution is -2.54. The highest BCUT2D eigenvalue weighted by Crippen LogP contribution is 2.14. The summed E-state index contributed by atoms with van der Waals surface area (Å²) in [7, 11) is 0. The fraction of sp³-hybridized carbons (Fsp3) is 0.923. The number of carbonyl (C=O) groups excluding carboxylic acids is 1. The number of primary amides is 1. The first-order valence-corrected chi connectivity index (χ1v) is 6.83. The standard InChI is InChI=1S/C13H26N2O3/c1-3-7-15-13(2,12(14)16)6-10-18-11-4-8-17-9-5-11/h11,15H,3-10H2,1-2H3,(H2,14,16). The van der Waals surface area contributed by atoms with Crippen LogP contribution in [0.4, 0.5) is 0 Å². The van der Waals surface area contributed by atoms with E-state index in [-0.39, 0.29) is 12.0 Å². The fourth-order valence-corrected chi connectivity index (χ4v) is 1.97. The zero-order valence-corrected chi connectivity index (χ0v) is 11.5. The zero-order valence-electron chi connectivity index (χ0n) is 11.5. The summed E-state index contributed by atoms with van der Waals surface area (Å²) in [6.07, 6.45) is 3.73. The zero-order chi connectivity index (χ0) is 13.4. The topological polar surface area (TPSA) is 73.6 Å². The third-order valence-corrected chi connectivity index (χ3v) is 3.43. The maximum absolute atomic E-state index is 11.5. The highest BCUT2D eigenvalue weighted by atomic mass is 16.5. The van der Waals surface area contributed by atoms with Crippen molar-refractivity contribution < 1.29 is 14.3 Å². The molecule has 1 atom stereocenters. The third kappa shape index (κ3) is 4.92. The van der Waals surface area contributed by atoms with Crippen molar-refractivity contribution in [1.29, 1.82) is 0 Å². The second kappa shape index (κ2) is 7.71. The Balaban J connectivity index is 2.30. The summed E-state index contributed by atoms with van der Waals surface area (Å²) in [5.74, 6) is -0.313. The summed E-state index contributed by atoms with van der Waals surface area (Å²) < 4.78 is 11.1. The molecule has 5 nitrogen and oxygen atoms in total. The van der Waals surface area contributed by atoms with E-state index >= 15 is 0 Å². The van der Waals surface area contributed by atoms with Crippen LogP contribution in [0.15, 0.2) is 0 Å². The van der Waals surface area contributed by atoms with E-state index in [1.807, 2.05) is 6.92 Å². The van der Waals surface area contributed by atoms with Gasteiger partial charge in [-0.05, 0) is 39.2 Å². The van der Waals surface area contributed by atoms with E-state index in [0.717, 1.165) is 39.0 Å². The number of hydrogen-bond donors (Lipinski definition) is 2. The minimum atomic E-state index is -0.665. The van der Waals surface area contributed by atoms with Crippen LogP contribution in [0.25, 0.3) is 0 Å². The molecule has 1 heterocycles. The minimum Gasteiger partial charge on any atom is -0.381 e. The number of hydrogen-bond acceptors (Lipinski definition) is 4. The summed E-state index contributed by atoms with van der Waals surface area (Å²) in [4.78, 5) is 11.5. The first kappa shape index (κ1) is 15.4. The maximum atomic E-state index is 11.5. The quantitative estimate of drug-likeness (QED) is 0.676. The van der Waals surface area contributed by atoms with Crippen molar-refractivity contribution in [3.05, 3.63) is 0 Å². The van der Waals surface area contributed by atoms with Crippen LogP contribution >= 0.6 is 0 Å². The van der Waals surface area contributed by atoms with Gasteiger partial charge < -0.3 is 20.5 Å². The van der Waals surface area contributed by atoms with E-state index in [0.29, 0.717) is 13.0 Å². The molecule has 0 radical (unpaired) electrons. The Morgan fingerprint density at radius 3 is 2.72 bits per heavy atom. The van der Waals surface area contributed by atoms with Crippen molar-refractivity contribution in [2.75, 3.05) is 26.4 Å². The van der Waals surface area contributed by atoms with Crippen molar-refractivity contribution >= 4 is 5.91 Å². The van der Waals surface area contributed by atoms with Gasteiger partial charge in [-0.15, -0.1) is 0 Å². The van der Waals surface area contributed by atoms with Gasteiger partial charge in [-0.2, -0.15) is 0 Å². The molecule has 5 heteroatoms. The molecule has 0 saturated carbocycles. The smallest absolute Gasteiger partial charge is 0.237 e. The van der Waals surface area contributed by atoms with Gasteiger partial charge in [0.2, 0.25) is 5.91 Å². The normalized spacial score (nSPS) is 20.6. The van der Waals surface area contributed by atoms with Crippen molar-refractivity contribution in [3.8, 4) is 0 Å². The van der Waals surface area contributed by atoms with Crippen LogP contribution < -0.4 is 11.1 Å². The average molecular weight is 258 g/mol. The van der Waals surface area contributed by atoms with Crippen molar-refractivity contribution in [1.82, 2.24) is 5.32 Å². The van der Waals surface area contributed by atoms with Gasteiger partial charge in [0.15, 0.2) is 0 Å². The highest BCUT2D eigenvalue weighted by Gasteiger charge is 2.30. The van der Waals surface area contributed by atoms with E-state index in [1.165, 1.54) is 0 Å². The Labute approximate surface area is 109 Å². The molecule has 0 aromatic rings. The summed E-state index contributed by atoms with van der Waals surface area (Å²) in [6, 6.07) is 0. The fourth-order valence-electron chi connectivity index (χ4n) is 1.97. The number of ether oxygens (including phenoxy) is 2. The van der Waals surface area contributed by atoms with Crippen LogP contribution in [0.1, 0.15) is 39.5 Å². The Bertz CT molecular complexity index is 255. The minimum absolute atomic E-state index is 0.266. The molecule has 1 amide bonds. The van der Waals surface area contributed by atoms with Gasteiger partial charge >= 0.3 is 0 Å². The van der Waals surface area contributed by atoms with Crippen LogP contribution in [0, 0.1) is 0 Å². The predicted octanol–water partition coefficient (Wildman–Crippen LogP) is 0.816. The lowest BCUT2D eigenvalue weighted by molar-refractivity contribution is -0.125. The second-order valence-corrected chi connectivity index (χ2v) is 5.06. The molecule has 0 aromatic carbocycles. The van der Waals surface area contributed by atoms with E-state index in [9.17, 15) is 4.79 Å². The molecule has 1 fully saturated rings. The van der Waals surface area contributed by atoms with Crippen LogP contribution in [0.2, 0.25) is 0 Å². The molecule has 106 valence electrons. The van der Waals surface area contributed by atoms with Crippen LogP contribution in [-0.4, -0.2) is 43.9 Å². The summed E-state index contributed by atoms with van der Waals surface area (Å²) >= 11 is 0. The van der Waals surface area contributed by atoms with E-state index < -0.39 is 5.54 Å². The van der Waals surface area contributed by atoms with Crippen LogP contribution in [-0.2, 0) is 14.3 Å². The lowest BCUT2D eigenvalue weighted by Gasteiger charge is -2.29. The molecule has 0 aliphatic carbocycles. The third-order valence-electron chi connectivity index (χ3n) is 3.43. The molecule has 1 aliphatic heterocycles. The van der Waals surface area contributed by atoms with Gasteiger partial charge in [-0.1, -0.05) is 6.92 Å². The summed E-state index contributed by atoms with van der Waals surface area (Å²) in [5.41, 5.74) is 4.79. The van der Waals surface area contributed by atoms with E-state index in [2.05, 4.69) is 12.2 Å². The monoisotopic (exact) mass is 258 g/mol. The Kier molecular flexibility index (Phi) is 6.60. The second-order valence-electron chi connectivity index (χ2n) is 5.06. The summed E-state index contributed by atoms with van der Waals surface area (Å²) in [6.45, 7) is 6.79. The van der Waals surface area contributed by atoms with Gasteiger partial charge in [0.1, 0.15) is 0 Å². The molecular formula is C13H26N2O3. The van der Waals surface area contributed by atoms with Gasteiger partial charge in [0.25, 0.3) is 0 Å². The Morgan fingerprint density at radius 2 is 2.17 bits per heavy atom. The van der Waals surface area contributed by atoms with Crippen molar-refractivity contribution in [3.63, 3.8) is 0 Å². The molecule has 18 heavy (non-hydrogen) atoms. The van der Waals surface area contributed by atoms with Gasteiger partial charge in [-0.25, -0.2) is 0 Å². The SMILES string of the molecule is CCCNC(C)(CCOC1CCOCC1)C(N)=O. The number of amides is 1. The van der Waals surface area contributed by atoms with Crippen LogP contribution in [0.3, 0.4) is 0 Å². The Hall–Kier alpha value is -0.650. The molecule has 3 N–H and O–H groups in total. The van der Waals surface area contributed by atoms with Gasteiger partial charge in [-0.3, -0.25) is 4.79 Å². The van der Waals surface area contributed by atoms with Gasteiger partial charge in [0.05, 0.1) is 11.6 Å². The van der Waals surface area contributed by atoms with Gasteiger partial charge in [0, 0.05) is 19.8 Å².